The maximum Gasteiger partial charge on any atom is 0.314 e. The highest BCUT2D eigenvalue weighted by Gasteiger charge is 2.52. The summed E-state index contributed by atoms with van der Waals surface area (Å²) in [5, 5.41) is 20.5. The van der Waals surface area contributed by atoms with Gasteiger partial charge in [-0.3, -0.25) is 9.69 Å². The van der Waals surface area contributed by atoms with Gasteiger partial charge >= 0.3 is 5.97 Å². The number of aliphatic carboxylic acids is 1. The van der Waals surface area contributed by atoms with Gasteiger partial charge in [-0.2, -0.15) is 5.26 Å². The van der Waals surface area contributed by atoms with Gasteiger partial charge in [0, 0.05) is 12.6 Å². The zero-order chi connectivity index (χ0) is 22.8. The first-order valence-corrected chi connectivity index (χ1v) is 11.7. The minimum atomic E-state index is -0.902. The van der Waals surface area contributed by atoms with Crippen LogP contribution in [0.3, 0.4) is 0 Å². The van der Waals surface area contributed by atoms with Gasteiger partial charge in [0.2, 0.25) is 0 Å². The highest BCUT2D eigenvalue weighted by atomic mass is 19.1. The molecule has 0 bridgehead atoms. The molecule has 0 spiro atoms. The monoisotopic (exact) mass is 434 g/mol. The lowest BCUT2D eigenvalue weighted by molar-refractivity contribution is -0.148. The number of piperidine rings is 1. The lowest BCUT2D eigenvalue weighted by Crippen LogP contribution is -2.61. The molecule has 0 radical (unpaired) electrons. The molecule has 1 N–H and O–H groups in total. The number of likely N-dealkylation sites (tertiary alicyclic amines) is 1. The van der Waals surface area contributed by atoms with Crippen molar-refractivity contribution in [3.05, 3.63) is 71.5 Å². The van der Waals surface area contributed by atoms with E-state index in [2.05, 4.69) is 17.9 Å². The van der Waals surface area contributed by atoms with Crippen molar-refractivity contribution in [2.45, 2.75) is 74.8 Å². The summed E-state index contributed by atoms with van der Waals surface area (Å²) in [6.07, 6.45) is 5.12. The average molecular weight is 435 g/mol. The average Bonchev–Trinajstić information content (AvgIpc) is 2.84. The van der Waals surface area contributed by atoms with Crippen LogP contribution in [-0.4, -0.2) is 34.1 Å². The Kier molecular flexibility index (Phi) is 6.35. The zero-order valence-corrected chi connectivity index (χ0v) is 18.6. The van der Waals surface area contributed by atoms with Gasteiger partial charge in [0.1, 0.15) is 11.4 Å². The summed E-state index contributed by atoms with van der Waals surface area (Å²) in [5.41, 5.74) is 0.535. The van der Waals surface area contributed by atoms with Gasteiger partial charge in [-0.25, -0.2) is 4.39 Å². The van der Waals surface area contributed by atoms with E-state index in [0.29, 0.717) is 25.3 Å². The number of benzene rings is 2. The van der Waals surface area contributed by atoms with Crippen molar-refractivity contribution in [1.29, 1.82) is 5.26 Å². The first-order valence-electron chi connectivity index (χ1n) is 11.7. The minimum absolute atomic E-state index is 0.0436. The number of carbonyl (C=O) groups is 1. The molecule has 0 aromatic heterocycles. The second kappa shape index (κ2) is 9.03. The van der Waals surface area contributed by atoms with Crippen molar-refractivity contribution in [2.75, 3.05) is 6.54 Å². The molecule has 0 amide bonds. The van der Waals surface area contributed by atoms with Gasteiger partial charge in [0.05, 0.1) is 11.5 Å². The predicted octanol–water partition coefficient (Wildman–Crippen LogP) is 5.64. The number of hydrogen-bond acceptors (Lipinski definition) is 3. The van der Waals surface area contributed by atoms with Gasteiger partial charge in [-0.05, 0) is 74.1 Å². The van der Waals surface area contributed by atoms with E-state index >= 15 is 0 Å². The Morgan fingerprint density at radius 1 is 1.12 bits per heavy atom. The molecular weight excluding hydrogens is 403 g/mol. The van der Waals surface area contributed by atoms with E-state index in [1.54, 1.807) is 0 Å². The van der Waals surface area contributed by atoms with Crippen LogP contribution in [0.25, 0.3) is 0 Å². The Bertz CT molecular complexity index is 977. The molecule has 1 heterocycles. The lowest BCUT2D eigenvalue weighted by Gasteiger charge is -2.52. The molecule has 2 aliphatic rings. The molecule has 2 aromatic rings. The van der Waals surface area contributed by atoms with Gasteiger partial charge in [0.15, 0.2) is 0 Å². The molecule has 2 aromatic carbocycles. The zero-order valence-electron chi connectivity index (χ0n) is 18.6. The molecular formula is C27H31FN2O2. The lowest BCUT2D eigenvalue weighted by atomic mass is 9.67. The Morgan fingerprint density at radius 2 is 1.78 bits per heavy atom. The largest absolute Gasteiger partial charge is 0.481 e. The molecule has 1 aliphatic carbocycles. The van der Waals surface area contributed by atoms with Crippen LogP contribution < -0.4 is 0 Å². The number of rotatable bonds is 5. The number of carboxylic acid groups (broad SMARTS) is 1. The number of carboxylic acids is 1. The number of hydrogen-bond donors (Lipinski definition) is 1. The SMILES string of the molecule is CCC1CC(C(=O)O)(c2ccccc2)CCN1C1(C#N)CCC(c2ccc(F)cc2)CC1. The molecule has 4 rings (SSSR count). The normalized spacial score (nSPS) is 31.0. The molecule has 2 fully saturated rings. The molecule has 1 saturated heterocycles. The van der Waals surface area contributed by atoms with Crippen LogP contribution in [0.15, 0.2) is 54.6 Å². The van der Waals surface area contributed by atoms with E-state index in [1.165, 1.54) is 12.1 Å². The number of nitrogens with zero attached hydrogens (tertiary/aromatic N) is 2. The minimum Gasteiger partial charge on any atom is -0.481 e. The highest BCUT2D eigenvalue weighted by molar-refractivity contribution is 5.81. The first-order chi connectivity index (χ1) is 15.4. The summed E-state index contributed by atoms with van der Waals surface area (Å²) < 4.78 is 13.3. The summed E-state index contributed by atoms with van der Waals surface area (Å²) in [7, 11) is 0. The Morgan fingerprint density at radius 3 is 2.34 bits per heavy atom. The second-order valence-corrected chi connectivity index (χ2v) is 9.43. The van der Waals surface area contributed by atoms with Crippen molar-refractivity contribution < 1.29 is 14.3 Å². The van der Waals surface area contributed by atoms with Gasteiger partial charge in [-0.1, -0.05) is 49.4 Å². The molecule has 2 atom stereocenters. The van der Waals surface area contributed by atoms with Crippen LogP contribution in [-0.2, 0) is 10.2 Å². The van der Waals surface area contributed by atoms with Crippen molar-refractivity contribution in [2.24, 2.45) is 0 Å². The van der Waals surface area contributed by atoms with Crippen LogP contribution >= 0.6 is 0 Å². The van der Waals surface area contributed by atoms with Crippen molar-refractivity contribution in [1.82, 2.24) is 4.90 Å². The summed E-state index contributed by atoms with van der Waals surface area (Å²) in [4.78, 5) is 14.8. The third-order valence-electron chi connectivity index (χ3n) is 7.92. The molecule has 32 heavy (non-hydrogen) atoms. The van der Waals surface area contributed by atoms with Crippen LogP contribution in [0, 0.1) is 17.1 Å². The van der Waals surface area contributed by atoms with Crippen LogP contribution in [0.1, 0.15) is 68.9 Å². The predicted molar refractivity (Wildman–Crippen MR) is 122 cm³/mol. The molecule has 5 heteroatoms. The quantitative estimate of drug-likeness (QED) is 0.661. The van der Waals surface area contributed by atoms with E-state index in [0.717, 1.165) is 43.2 Å². The van der Waals surface area contributed by atoms with E-state index in [9.17, 15) is 19.6 Å². The maximum atomic E-state index is 13.3. The summed E-state index contributed by atoms with van der Waals surface area (Å²) in [6, 6.07) is 19.0. The third-order valence-corrected chi connectivity index (χ3v) is 7.92. The topological polar surface area (TPSA) is 64.3 Å². The van der Waals surface area contributed by atoms with Gasteiger partial charge in [0.25, 0.3) is 0 Å². The van der Waals surface area contributed by atoms with Crippen molar-refractivity contribution in [3.63, 3.8) is 0 Å². The summed E-state index contributed by atoms with van der Waals surface area (Å²) in [5.74, 6) is -0.660. The van der Waals surface area contributed by atoms with Crippen molar-refractivity contribution >= 4 is 5.97 Å². The highest BCUT2D eigenvalue weighted by Crippen LogP contribution is 2.47. The van der Waals surface area contributed by atoms with E-state index < -0.39 is 16.9 Å². The molecule has 2 unspecified atom stereocenters. The standard InChI is InChI=1S/C27H31FN2O2/c1-2-24-18-27(25(31)32,22-6-4-3-5-7-22)16-17-30(24)26(19-29)14-12-21(13-15-26)20-8-10-23(28)11-9-20/h3-11,21,24H,2,12-18H2,1H3,(H,31,32). The Balaban J connectivity index is 1.55. The number of nitriles is 1. The molecule has 168 valence electrons. The van der Waals surface area contributed by atoms with E-state index in [-0.39, 0.29) is 11.9 Å². The smallest absolute Gasteiger partial charge is 0.314 e. The Labute approximate surface area is 189 Å². The number of halogens is 1. The van der Waals surface area contributed by atoms with E-state index in [4.69, 9.17) is 0 Å². The molecule has 1 saturated carbocycles. The molecule has 1 aliphatic heterocycles. The first kappa shape index (κ1) is 22.5. The van der Waals surface area contributed by atoms with Crippen LogP contribution in [0.5, 0.6) is 0 Å². The summed E-state index contributed by atoms with van der Waals surface area (Å²) >= 11 is 0. The Hall–Kier alpha value is -2.71. The molecule has 4 nitrogen and oxygen atoms in total. The van der Waals surface area contributed by atoms with Crippen LogP contribution in [0.2, 0.25) is 0 Å². The fraction of sp³-hybridized carbons (Fsp3) is 0.481. The van der Waals surface area contributed by atoms with Gasteiger partial charge < -0.3 is 5.11 Å². The fourth-order valence-corrected chi connectivity index (χ4v) is 6.00. The van der Waals surface area contributed by atoms with Gasteiger partial charge in [-0.15, -0.1) is 0 Å². The second-order valence-electron chi connectivity index (χ2n) is 9.43. The maximum absolute atomic E-state index is 13.3. The van der Waals surface area contributed by atoms with E-state index in [1.807, 2.05) is 42.5 Å². The summed E-state index contributed by atoms with van der Waals surface area (Å²) in [6.45, 7) is 2.70. The third kappa shape index (κ3) is 3.93. The van der Waals surface area contributed by atoms with Crippen molar-refractivity contribution in [3.8, 4) is 6.07 Å². The van der Waals surface area contributed by atoms with Crippen LogP contribution in [0.4, 0.5) is 4.39 Å². The fourth-order valence-electron chi connectivity index (χ4n) is 6.00.